The lowest BCUT2D eigenvalue weighted by molar-refractivity contribution is 0.195. The molecule has 6 nitrogen and oxygen atoms in total. The Kier molecular flexibility index (Phi) is 5.15. The van der Waals surface area contributed by atoms with Gasteiger partial charge in [0.2, 0.25) is 0 Å². The minimum absolute atomic E-state index is 0.208. The molecule has 0 aliphatic carbocycles. The Bertz CT molecular complexity index is 866. The predicted octanol–water partition coefficient (Wildman–Crippen LogP) is 4.21. The van der Waals surface area contributed by atoms with Crippen LogP contribution in [0.15, 0.2) is 41.3 Å². The monoisotopic (exact) mass is 389 g/mol. The molecule has 2 aromatic heterocycles. The molecule has 1 atom stereocenters. The van der Waals surface area contributed by atoms with Crippen LogP contribution in [0.25, 0.3) is 11.6 Å². The maximum absolute atomic E-state index is 6.31. The molecule has 1 fully saturated rings. The first kappa shape index (κ1) is 17.4. The fraction of sp³-hybridized carbons (Fsp3) is 0.333. The smallest absolute Gasteiger partial charge is 0.278 e. The van der Waals surface area contributed by atoms with Gasteiger partial charge in [-0.1, -0.05) is 34.4 Å². The molecule has 26 heavy (non-hydrogen) atoms. The van der Waals surface area contributed by atoms with E-state index in [1.807, 2.05) is 18.2 Å². The van der Waals surface area contributed by atoms with Gasteiger partial charge in [0.15, 0.2) is 5.82 Å². The number of hydrogen-bond acceptors (Lipinski definition) is 6. The van der Waals surface area contributed by atoms with Crippen molar-refractivity contribution in [3.8, 4) is 11.6 Å². The Morgan fingerprint density at radius 1 is 1.19 bits per heavy atom. The van der Waals surface area contributed by atoms with Gasteiger partial charge in [0, 0.05) is 47.0 Å². The maximum Gasteiger partial charge on any atom is 0.278 e. The summed E-state index contributed by atoms with van der Waals surface area (Å²) in [4.78, 5) is 15.1. The summed E-state index contributed by atoms with van der Waals surface area (Å²) < 4.78 is 5.37. The van der Waals surface area contributed by atoms with Crippen molar-refractivity contribution in [2.75, 3.05) is 13.1 Å². The molecule has 0 radical (unpaired) electrons. The van der Waals surface area contributed by atoms with Crippen molar-refractivity contribution >= 4 is 23.2 Å². The highest BCUT2D eigenvalue weighted by Crippen LogP contribution is 2.30. The third-order valence-electron chi connectivity index (χ3n) is 4.54. The zero-order chi connectivity index (χ0) is 17.9. The summed E-state index contributed by atoms with van der Waals surface area (Å²) >= 11 is 12.6. The first-order chi connectivity index (χ1) is 12.7. The van der Waals surface area contributed by atoms with Crippen LogP contribution in [0.1, 0.15) is 30.1 Å². The summed E-state index contributed by atoms with van der Waals surface area (Å²) in [6, 6.07) is 5.60. The van der Waals surface area contributed by atoms with Crippen LogP contribution in [-0.2, 0) is 6.54 Å². The molecule has 1 aromatic carbocycles. The van der Waals surface area contributed by atoms with E-state index < -0.39 is 0 Å². The average Bonchev–Trinajstić information content (AvgIpc) is 3.16. The number of hydrogen-bond donors (Lipinski definition) is 0. The Morgan fingerprint density at radius 3 is 2.81 bits per heavy atom. The van der Waals surface area contributed by atoms with Crippen LogP contribution < -0.4 is 0 Å². The van der Waals surface area contributed by atoms with Gasteiger partial charge in [0.05, 0.1) is 6.20 Å². The van der Waals surface area contributed by atoms with Crippen LogP contribution in [0.5, 0.6) is 0 Å². The number of likely N-dealkylation sites (tertiary alicyclic amines) is 1. The highest BCUT2D eigenvalue weighted by Gasteiger charge is 2.26. The van der Waals surface area contributed by atoms with Gasteiger partial charge in [-0.15, -0.1) is 0 Å². The van der Waals surface area contributed by atoms with E-state index >= 15 is 0 Å². The van der Waals surface area contributed by atoms with E-state index in [0.717, 1.165) is 31.5 Å². The molecule has 0 unspecified atom stereocenters. The Labute approximate surface area is 161 Å². The van der Waals surface area contributed by atoms with E-state index in [9.17, 15) is 0 Å². The molecular formula is C18H17Cl2N5O. The standard InChI is InChI=1S/C18H17Cl2N5O/c19-14-4-1-5-15(20)13(14)11-25-8-2-3-12(10-25)17-23-18(26-24-17)16-9-21-6-7-22-16/h1,4-7,9,12H,2-3,8,10-11H2/t12-/m1/s1. The Morgan fingerprint density at radius 2 is 2.04 bits per heavy atom. The summed E-state index contributed by atoms with van der Waals surface area (Å²) in [6.07, 6.45) is 6.91. The van der Waals surface area contributed by atoms with Crippen LogP contribution in [-0.4, -0.2) is 38.1 Å². The fourth-order valence-corrected chi connectivity index (χ4v) is 3.75. The van der Waals surface area contributed by atoms with Crippen molar-refractivity contribution in [3.63, 3.8) is 0 Å². The molecule has 3 heterocycles. The molecule has 0 N–H and O–H groups in total. The minimum Gasteiger partial charge on any atom is -0.332 e. The average molecular weight is 390 g/mol. The summed E-state index contributed by atoms with van der Waals surface area (Å²) in [6.45, 7) is 2.54. The van der Waals surface area contributed by atoms with Gasteiger partial charge in [-0.25, -0.2) is 4.98 Å². The van der Waals surface area contributed by atoms with Crippen molar-refractivity contribution in [2.45, 2.75) is 25.3 Å². The topological polar surface area (TPSA) is 67.9 Å². The molecule has 0 spiro atoms. The second kappa shape index (κ2) is 7.70. The number of aromatic nitrogens is 4. The van der Waals surface area contributed by atoms with Gasteiger partial charge in [0.25, 0.3) is 5.89 Å². The second-order valence-electron chi connectivity index (χ2n) is 6.32. The van der Waals surface area contributed by atoms with Crippen molar-refractivity contribution in [2.24, 2.45) is 0 Å². The van der Waals surface area contributed by atoms with E-state index in [4.69, 9.17) is 27.7 Å². The summed E-state index contributed by atoms with van der Waals surface area (Å²) in [7, 11) is 0. The van der Waals surface area contributed by atoms with E-state index in [2.05, 4.69) is 25.0 Å². The van der Waals surface area contributed by atoms with Gasteiger partial charge >= 0.3 is 0 Å². The molecule has 1 aliphatic rings. The van der Waals surface area contributed by atoms with Gasteiger partial charge in [-0.05, 0) is 31.5 Å². The first-order valence-corrected chi connectivity index (χ1v) is 9.21. The van der Waals surface area contributed by atoms with Crippen LogP contribution in [0.2, 0.25) is 10.0 Å². The number of halogens is 2. The van der Waals surface area contributed by atoms with Crippen LogP contribution >= 0.6 is 23.2 Å². The number of benzene rings is 1. The molecule has 0 amide bonds. The molecule has 4 rings (SSSR count). The second-order valence-corrected chi connectivity index (χ2v) is 7.14. The van der Waals surface area contributed by atoms with Crippen molar-refractivity contribution < 1.29 is 4.52 Å². The normalized spacial score (nSPS) is 18.2. The summed E-state index contributed by atoms with van der Waals surface area (Å²) in [5, 5.41) is 5.56. The first-order valence-electron chi connectivity index (χ1n) is 8.46. The lowest BCUT2D eigenvalue weighted by Gasteiger charge is -2.31. The van der Waals surface area contributed by atoms with Crippen molar-refractivity contribution in [1.29, 1.82) is 0 Å². The van der Waals surface area contributed by atoms with Crippen molar-refractivity contribution in [3.05, 3.63) is 58.2 Å². The van der Waals surface area contributed by atoms with Gasteiger partial charge in [-0.2, -0.15) is 4.98 Å². The van der Waals surface area contributed by atoms with Gasteiger partial charge in [0.1, 0.15) is 5.69 Å². The lowest BCUT2D eigenvalue weighted by atomic mass is 9.97. The molecule has 1 aliphatic heterocycles. The predicted molar refractivity (Wildman–Crippen MR) is 99.0 cm³/mol. The zero-order valence-corrected chi connectivity index (χ0v) is 15.5. The number of rotatable bonds is 4. The molecule has 0 bridgehead atoms. The van der Waals surface area contributed by atoms with Crippen LogP contribution in [0, 0.1) is 0 Å². The van der Waals surface area contributed by atoms with E-state index in [1.165, 1.54) is 0 Å². The van der Waals surface area contributed by atoms with E-state index in [1.54, 1.807) is 18.6 Å². The fourth-order valence-electron chi connectivity index (χ4n) is 3.23. The highest BCUT2D eigenvalue weighted by molar-refractivity contribution is 6.35. The van der Waals surface area contributed by atoms with Gasteiger partial charge < -0.3 is 4.52 Å². The van der Waals surface area contributed by atoms with Crippen LogP contribution in [0.4, 0.5) is 0 Å². The highest BCUT2D eigenvalue weighted by atomic mass is 35.5. The van der Waals surface area contributed by atoms with Crippen molar-refractivity contribution in [1.82, 2.24) is 25.0 Å². The molecule has 8 heteroatoms. The third kappa shape index (κ3) is 3.72. The molecule has 1 saturated heterocycles. The Balaban J connectivity index is 1.48. The quantitative estimate of drug-likeness (QED) is 0.665. The molecular weight excluding hydrogens is 373 g/mol. The minimum atomic E-state index is 0.208. The maximum atomic E-state index is 6.31. The number of nitrogens with zero attached hydrogens (tertiary/aromatic N) is 5. The molecule has 134 valence electrons. The van der Waals surface area contributed by atoms with Gasteiger partial charge in [-0.3, -0.25) is 9.88 Å². The molecule has 0 saturated carbocycles. The largest absolute Gasteiger partial charge is 0.332 e. The van der Waals surface area contributed by atoms with E-state index in [-0.39, 0.29) is 5.92 Å². The summed E-state index contributed by atoms with van der Waals surface area (Å²) in [5.41, 5.74) is 1.55. The lowest BCUT2D eigenvalue weighted by Crippen LogP contribution is -2.34. The Hall–Kier alpha value is -2.02. The van der Waals surface area contributed by atoms with Crippen LogP contribution in [0.3, 0.4) is 0 Å². The van der Waals surface area contributed by atoms with E-state index in [0.29, 0.717) is 34.0 Å². The zero-order valence-electron chi connectivity index (χ0n) is 14.0. The third-order valence-corrected chi connectivity index (χ3v) is 5.25. The summed E-state index contributed by atoms with van der Waals surface area (Å²) in [5.74, 6) is 1.32. The SMILES string of the molecule is Clc1cccc(Cl)c1CN1CCC[C@@H](c2noc(-c3cnccn3)n2)C1. The number of piperidine rings is 1. The molecule has 3 aromatic rings.